The fourth-order valence-corrected chi connectivity index (χ4v) is 1.49. The first-order valence-electron chi connectivity index (χ1n) is 6.01. The van der Waals surface area contributed by atoms with Gasteiger partial charge in [-0.2, -0.15) is 0 Å². The highest BCUT2D eigenvalue weighted by molar-refractivity contribution is 5.92. The molecule has 1 aromatic rings. The molecular formula is C15H19NO2. The molecule has 0 unspecified atom stereocenters. The van der Waals surface area contributed by atoms with E-state index in [2.05, 4.69) is 18.8 Å². The highest BCUT2D eigenvalue weighted by atomic mass is 16.5. The Morgan fingerprint density at radius 2 is 2.17 bits per heavy atom. The smallest absolute Gasteiger partial charge is 0.223 e. The molecule has 1 amide bonds. The minimum Gasteiger partial charge on any atom is -0.497 e. The van der Waals surface area contributed by atoms with Gasteiger partial charge in [-0.1, -0.05) is 18.8 Å². The van der Waals surface area contributed by atoms with E-state index in [1.165, 1.54) is 6.92 Å². The Kier molecular flexibility index (Phi) is 5.26. The number of methoxy groups -OCH3 is 1. The van der Waals surface area contributed by atoms with E-state index in [-0.39, 0.29) is 5.91 Å². The van der Waals surface area contributed by atoms with Gasteiger partial charge >= 0.3 is 0 Å². The van der Waals surface area contributed by atoms with Crippen LogP contribution in [-0.4, -0.2) is 20.1 Å². The van der Waals surface area contributed by atoms with E-state index in [0.29, 0.717) is 0 Å². The third-order valence-corrected chi connectivity index (χ3v) is 2.64. The van der Waals surface area contributed by atoms with Crippen LogP contribution in [0.15, 0.2) is 18.2 Å². The SMILES string of the molecule is CCCC#Cc1cc(OC)ccc1N(C)C(C)=O. The molecular weight excluding hydrogens is 226 g/mol. The molecule has 3 heteroatoms. The van der Waals surface area contributed by atoms with E-state index >= 15 is 0 Å². The average molecular weight is 245 g/mol. The molecule has 0 radical (unpaired) electrons. The fraction of sp³-hybridized carbons (Fsp3) is 0.400. The summed E-state index contributed by atoms with van der Waals surface area (Å²) in [6.45, 7) is 3.62. The maximum absolute atomic E-state index is 11.4. The third kappa shape index (κ3) is 3.53. The van der Waals surface area contributed by atoms with Gasteiger partial charge in [-0.15, -0.1) is 0 Å². The Hall–Kier alpha value is -1.95. The predicted octanol–water partition coefficient (Wildman–Crippen LogP) is 2.83. The number of amides is 1. The van der Waals surface area contributed by atoms with Crippen LogP contribution in [0.3, 0.4) is 0 Å². The summed E-state index contributed by atoms with van der Waals surface area (Å²) >= 11 is 0. The van der Waals surface area contributed by atoms with Crippen LogP contribution in [0.1, 0.15) is 32.3 Å². The monoisotopic (exact) mass is 245 g/mol. The van der Waals surface area contributed by atoms with Crippen molar-refractivity contribution < 1.29 is 9.53 Å². The van der Waals surface area contributed by atoms with Crippen molar-refractivity contribution in [2.75, 3.05) is 19.1 Å². The third-order valence-electron chi connectivity index (χ3n) is 2.64. The van der Waals surface area contributed by atoms with Crippen LogP contribution in [0, 0.1) is 11.8 Å². The summed E-state index contributed by atoms with van der Waals surface area (Å²) in [4.78, 5) is 13.0. The fourth-order valence-electron chi connectivity index (χ4n) is 1.49. The van der Waals surface area contributed by atoms with E-state index in [9.17, 15) is 4.79 Å². The van der Waals surface area contributed by atoms with Crippen LogP contribution in [0.4, 0.5) is 5.69 Å². The lowest BCUT2D eigenvalue weighted by Crippen LogP contribution is -2.23. The van der Waals surface area contributed by atoms with Crippen LogP contribution >= 0.6 is 0 Å². The van der Waals surface area contributed by atoms with Crippen molar-refractivity contribution in [2.45, 2.75) is 26.7 Å². The van der Waals surface area contributed by atoms with E-state index in [4.69, 9.17) is 4.74 Å². The Morgan fingerprint density at radius 1 is 1.44 bits per heavy atom. The zero-order valence-corrected chi connectivity index (χ0v) is 11.4. The summed E-state index contributed by atoms with van der Waals surface area (Å²) in [5.41, 5.74) is 1.63. The van der Waals surface area contributed by atoms with Gasteiger partial charge in [0.2, 0.25) is 5.91 Å². The number of ether oxygens (including phenoxy) is 1. The largest absolute Gasteiger partial charge is 0.497 e. The van der Waals surface area contributed by atoms with Gasteiger partial charge in [0.05, 0.1) is 18.4 Å². The molecule has 0 bridgehead atoms. The lowest BCUT2D eigenvalue weighted by Gasteiger charge is -2.17. The number of carbonyl (C=O) groups is 1. The van der Waals surface area contributed by atoms with Crippen molar-refractivity contribution in [1.82, 2.24) is 0 Å². The van der Waals surface area contributed by atoms with Crippen LogP contribution in [0.5, 0.6) is 5.75 Å². The Labute approximate surface area is 109 Å². The molecule has 0 heterocycles. The lowest BCUT2D eigenvalue weighted by molar-refractivity contribution is -0.116. The second-order valence-corrected chi connectivity index (χ2v) is 4.01. The van der Waals surface area contributed by atoms with Crippen molar-refractivity contribution in [3.63, 3.8) is 0 Å². The van der Waals surface area contributed by atoms with Crippen LogP contribution < -0.4 is 9.64 Å². The molecule has 0 saturated heterocycles. The van der Waals surface area contributed by atoms with Crippen LogP contribution in [0.2, 0.25) is 0 Å². The Morgan fingerprint density at radius 3 is 2.72 bits per heavy atom. The number of hydrogen-bond donors (Lipinski definition) is 0. The van der Waals surface area contributed by atoms with Crippen molar-refractivity contribution >= 4 is 11.6 Å². The van der Waals surface area contributed by atoms with E-state index in [1.54, 1.807) is 19.1 Å². The first-order chi connectivity index (χ1) is 8.60. The molecule has 1 aromatic carbocycles. The minimum absolute atomic E-state index is 0.0151. The maximum Gasteiger partial charge on any atom is 0.223 e. The van der Waals surface area contributed by atoms with Crippen molar-refractivity contribution in [3.05, 3.63) is 23.8 Å². The standard InChI is InChI=1S/C15H19NO2/c1-5-6-7-8-13-11-14(18-4)9-10-15(13)16(3)12(2)17/h9-11H,5-6H2,1-4H3. The molecule has 18 heavy (non-hydrogen) atoms. The molecule has 0 aliphatic carbocycles. The number of unbranched alkanes of at least 4 members (excludes halogenated alkanes) is 1. The van der Waals surface area contributed by atoms with Gasteiger partial charge in [-0.3, -0.25) is 4.79 Å². The van der Waals surface area contributed by atoms with Gasteiger partial charge in [-0.25, -0.2) is 0 Å². The lowest BCUT2D eigenvalue weighted by atomic mass is 10.1. The van der Waals surface area contributed by atoms with Crippen molar-refractivity contribution in [2.24, 2.45) is 0 Å². The summed E-state index contributed by atoms with van der Waals surface area (Å²) in [6.07, 6.45) is 1.87. The van der Waals surface area contributed by atoms with E-state index < -0.39 is 0 Å². The second-order valence-electron chi connectivity index (χ2n) is 4.01. The van der Waals surface area contributed by atoms with Gasteiger partial charge in [-0.05, 0) is 24.6 Å². The summed E-state index contributed by atoms with van der Waals surface area (Å²) in [7, 11) is 3.36. The minimum atomic E-state index is -0.0151. The first kappa shape index (κ1) is 14.1. The van der Waals surface area contributed by atoms with Crippen molar-refractivity contribution in [3.8, 4) is 17.6 Å². The molecule has 0 atom stereocenters. The van der Waals surface area contributed by atoms with Crippen LogP contribution in [-0.2, 0) is 4.79 Å². The molecule has 0 spiro atoms. The molecule has 96 valence electrons. The quantitative estimate of drug-likeness (QED) is 0.766. The number of hydrogen-bond acceptors (Lipinski definition) is 2. The van der Waals surface area contributed by atoms with Gasteiger partial charge in [0.1, 0.15) is 5.75 Å². The van der Waals surface area contributed by atoms with Gasteiger partial charge in [0.25, 0.3) is 0 Å². The van der Waals surface area contributed by atoms with E-state index in [0.717, 1.165) is 29.8 Å². The predicted molar refractivity (Wildman–Crippen MR) is 73.9 cm³/mol. The summed E-state index contributed by atoms with van der Waals surface area (Å²) in [5.74, 6) is 6.93. The number of anilines is 1. The molecule has 1 rings (SSSR count). The highest BCUT2D eigenvalue weighted by Gasteiger charge is 2.10. The molecule has 0 saturated carbocycles. The molecule has 0 N–H and O–H groups in total. The second kappa shape index (κ2) is 6.70. The Balaban J connectivity index is 3.17. The molecule has 0 aliphatic rings. The average Bonchev–Trinajstić information content (AvgIpc) is 2.38. The molecule has 0 aromatic heterocycles. The van der Waals surface area contributed by atoms with Gasteiger partial charge < -0.3 is 9.64 Å². The highest BCUT2D eigenvalue weighted by Crippen LogP contribution is 2.24. The number of nitrogens with zero attached hydrogens (tertiary/aromatic N) is 1. The molecule has 0 aliphatic heterocycles. The van der Waals surface area contributed by atoms with Crippen LogP contribution in [0.25, 0.3) is 0 Å². The zero-order valence-electron chi connectivity index (χ0n) is 11.4. The normalized spacial score (nSPS) is 9.33. The molecule has 0 fully saturated rings. The first-order valence-corrected chi connectivity index (χ1v) is 6.01. The molecule has 3 nitrogen and oxygen atoms in total. The number of rotatable bonds is 3. The number of carbonyl (C=O) groups excluding carboxylic acids is 1. The summed E-state index contributed by atoms with van der Waals surface area (Å²) in [6, 6.07) is 5.55. The van der Waals surface area contributed by atoms with E-state index in [1.807, 2.05) is 18.2 Å². The zero-order chi connectivity index (χ0) is 13.5. The summed E-state index contributed by atoms with van der Waals surface area (Å²) < 4.78 is 5.19. The Bertz CT molecular complexity index is 483. The van der Waals surface area contributed by atoms with Crippen molar-refractivity contribution in [1.29, 1.82) is 0 Å². The topological polar surface area (TPSA) is 29.5 Å². The van der Waals surface area contributed by atoms with Gasteiger partial charge in [0.15, 0.2) is 0 Å². The maximum atomic E-state index is 11.4. The summed E-state index contributed by atoms with van der Waals surface area (Å²) in [5, 5.41) is 0. The van der Waals surface area contributed by atoms with Gasteiger partial charge in [0, 0.05) is 20.4 Å². The number of benzene rings is 1.